The molecule has 170 valence electrons. The highest BCUT2D eigenvalue weighted by Crippen LogP contribution is 2.31. The third-order valence-corrected chi connectivity index (χ3v) is 6.03. The number of ether oxygens (including phenoxy) is 1. The van der Waals surface area contributed by atoms with Gasteiger partial charge in [-0.1, -0.05) is 97.1 Å². The van der Waals surface area contributed by atoms with Crippen LogP contribution < -0.4 is 10.4 Å². The van der Waals surface area contributed by atoms with Crippen LogP contribution in [-0.4, -0.2) is 24.4 Å². The topological polar surface area (TPSA) is 12.2 Å². The van der Waals surface area contributed by atoms with Crippen molar-refractivity contribution < 1.29 is 9.31 Å². The summed E-state index contributed by atoms with van der Waals surface area (Å²) in [6.07, 6.45) is 17.1. The number of allylic oxidation sites excluding steroid dienone is 8. The quantitative estimate of drug-likeness (QED) is 0.476. The van der Waals surface area contributed by atoms with Crippen molar-refractivity contribution in [3.05, 3.63) is 155 Å². The molecule has 1 aliphatic carbocycles. The Labute approximate surface area is 206 Å². The summed E-state index contributed by atoms with van der Waals surface area (Å²) in [5.41, 5.74) is 5.74. The second-order valence-electron chi connectivity index (χ2n) is 8.75. The predicted molar refractivity (Wildman–Crippen MR) is 147 cm³/mol. The smallest absolute Gasteiger partial charge is 0.199 e. The number of rotatable bonds is 3. The van der Waals surface area contributed by atoms with Gasteiger partial charge in [0.15, 0.2) is 5.71 Å². The highest BCUT2D eigenvalue weighted by Gasteiger charge is 2.14. The van der Waals surface area contributed by atoms with Crippen LogP contribution in [0.5, 0.6) is 0 Å². The summed E-state index contributed by atoms with van der Waals surface area (Å²) in [6, 6.07) is 29.2. The van der Waals surface area contributed by atoms with Gasteiger partial charge in [0.05, 0.1) is 0 Å². The molecule has 0 saturated carbocycles. The van der Waals surface area contributed by atoms with Gasteiger partial charge in [-0.25, -0.2) is 4.58 Å². The molecule has 2 nitrogen and oxygen atoms in total. The molecule has 2 heteroatoms. The van der Waals surface area contributed by atoms with E-state index in [2.05, 4.69) is 128 Å². The third kappa shape index (κ3) is 5.39. The molecule has 0 saturated heterocycles. The van der Waals surface area contributed by atoms with Crippen molar-refractivity contribution in [3.8, 4) is 0 Å². The van der Waals surface area contributed by atoms with Crippen LogP contribution in [0.1, 0.15) is 11.1 Å². The average Bonchev–Trinajstić information content (AvgIpc) is 2.93. The Morgan fingerprint density at radius 1 is 0.629 bits per heavy atom. The Morgan fingerprint density at radius 2 is 1.26 bits per heavy atom. The monoisotopic (exact) mass is 454 g/mol. The molecule has 0 unspecified atom stereocenters. The molecule has 0 atom stereocenters. The molecule has 0 radical (unpaired) electrons. The maximum absolute atomic E-state index is 6.39. The Bertz CT molecular complexity index is 1500. The standard InChI is InChI=1S/C33H28NO/c1-34(2)31-21-17-26(18-22-31)14-13-25-15-19-29(20-16-25)33-24-30(27-9-5-3-6-10-27)23-32(35-33)28-11-7-4-8-12-28/h3-24H,1-2H3/q+1. The first-order valence-electron chi connectivity index (χ1n) is 11.8. The summed E-state index contributed by atoms with van der Waals surface area (Å²) >= 11 is 0. The molecule has 0 spiro atoms. The SMILES string of the molecule is C[N+](C)=C1C=CC(=CC=c2ccc(=C3C=C(c4ccccc4)C=C(c4ccccc4)O3)cc2)C=C1. The molecule has 0 N–H and O–H groups in total. The van der Waals surface area contributed by atoms with E-state index < -0.39 is 0 Å². The van der Waals surface area contributed by atoms with Crippen molar-refractivity contribution in [3.63, 3.8) is 0 Å². The molecular formula is C33H28NO+. The molecule has 1 heterocycles. The maximum atomic E-state index is 6.39. The summed E-state index contributed by atoms with van der Waals surface area (Å²) < 4.78 is 8.49. The third-order valence-electron chi connectivity index (χ3n) is 6.03. The van der Waals surface area contributed by atoms with E-state index in [4.69, 9.17) is 4.74 Å². The van der Waals surface area contributed by atoms with E-state index in [0.29, 0.717) is 0 Å². The van der Waals surface area contributed by atoms with Gasteiger partial charge in [-0.3, -0.25) is 0 Å². The minimum atomic E-state index is 0.847. The van der Waals surface area contributed by atoms with E-state index in [1.54, 1.807) is 0 Å². The van der Waals surface area contributed by atoms with Crippen LogP contribution in [-0.2, 0) is 4.74 Å². The summed E-state index contributed by atoms with van der Waals surface area (Å²) in [5.74, 6) is 1.70. The van der Waals surface area contributed by atoms with E-state index >= 15 is 0 Å². The second kappa shape index (κ2) is 10.2. The van der Waals surface area contributed by atoms with Gasteiger partial charge >= 0.3 is 0 Å². The largest absolute Gasteiger partial charge is 0.456 e. The van der Waals surface area contributed by atoms with Crippen LogP contribution in [0.3, 0.4) is 0 Å². The zero-order valence-electron chi connectivity index (χ0n) is 20.1. The molecule has 35 heavy (non-hydrogen) atoms. The first-order chi connectivity index (χ1) is 17.2. The summed E-state index contributed by atoms with van der Waals surface area (Å²) in [4.78, 5) is 0. The molecule has 3 aromatic carbocycles. The summed E-state index contributed by atoms with van der Waals surface area (Å²) in [5, 5.41) is 2.19. The molecule has 2 aliphatic rings. The zero-order chi connectivity index (χ0) is 24.0. The van der Waals surface area contributed by atoms with Gasteiger partial charge in [-0.2, -0.15) is 0 Å². The Morgan fingerprint density at radius 3 is 1.89 bits per heavy atom. The highest BCUT2D eigenvalue weighted by molar-refractivity contribution is 6.02. The fourth-order valence-electron chi connectivity index (χ4n) is 4.02. The van der Waals surface area contributed by atoms with Gasteiger partial charge in [0.1, 0.15) is 25.6 Å². The molecule has 0 bridgehead atoms. The van der Waals surface area contributed by atoms with Crippen LogP contribution in [0.2, 0.25) is 0 Å². The maximum Gasteiger partial charge on any atom is 0.199 e. The van der Waals surface area contributed by atoms with Crippen molar-refractivity contribution in [2.24, 2.45) is 0 Å². The molecule has 5 rings (SSSR count). The predicted octanol–water partition coefficient (Wildman–Crippen LogP) is 5.50. The van der Waals surface area contributed by atoms with Gasteiger partial charge in [-0.05, 0) is 46.2 Å². The number of benzene rings is 3. The van der Waals surface area contributed by atoms with Crippen molar-refractivity contribution in [2.75, 3.05) is 14.1 Å². The minimum Gasteiger partial charge on any atom is -0.456 e. The van der Waals surface area contributed by atoms with Crippen molar-refractivity contribution in [1.82, 2.24) is 0 Å². The van der Waals surface area contributed by atoms with Crippen molar-refractivity contribution in [2.45, 2.75) is 0 Å². The number of hydrogen-bond donors (Lipinski definition) is 0. The van der Waals surface area contributed by atoms with Crippen LogP contribution >= 0.6 is 0 Å². The van der Waals surface area contributed by atoms with Gasteiger partial charge < -0.3 is 4.74 Å². The lowest BCUT2D eigenvalue weighted by Crippen LogP contribution is -2.13. The second-order valence-corrected chi connectivity index (χ2v) is 8.75. The van der Waals surface area contributed by atoms with E-state index in [-0.39, 0.29) is 0 Å². The molecule has 3 aromatic rings. The first kappa shape index (κ1) is 22.4. The lowest BCUT2D eigenvalue weighted by Gasteiger charge is -2.18. The van der Waals surface area contributed by atoms with Gasteiger partial charge in [0, 0.05) is 22.9 Å². The fraction of sp³-hybridized carbons (Fsp3) is 0.0606. The highest BCUT2D eigenvalue weighted by atomic mass is 16.5. The van der Waals surface area contributed by atoms with Crippen molar-refractivity contribution >= 4 is 28.9 Å². The molecule has 0 aromatic heterocycles. The van der Waals surface area contributed by atoms with Gasteiger partial charge in [0.25, 0.3) is 0 Å². The van der Waals surface area contributed by atoms with Crippen LogP contribution in [0, 0.1) is 0 Å². The lowest BCUT2D eigenvalue weighted by molar-refractivity contribution is -0.462. The van der Waals surface area contributed by atoms with E-state index in [9.17, 15) is 0 Å². The Hall–Kier alpha value is -4.43. The molecule has 1 aliphatic heterocycles. The van der Waals surface area contributed by atoms with E-state index in [1.807, 2.05) is 24.3 Å². The Balaban J connectivity index is 1.49. The van der Waals surface area contributed by atoms with E-state index in [1.165, 1.54) is 16.8 Å². The minimum absolute atomic E-state index is 0.847. The van der Waals surface area contributed by atoms with Crippen LogP contribution in [0.15, 0.2) is 133 Å². The Kier molecular flexibility index (Phi) is 6.54. The lowest BCUT2D eigenvalue weighted by atomic mass is 10.00. The van der Waals surface area contributed by atoms with Crippen molar-refractivity contribution in [1.29, 1.82) is 0 Å². The van der Waals surface area contributed by atoms with Crippen LogP contribution in [0.25, 0.3) is 23.2 Å². The summed E-state index contributed by atoms with van der Waals surface area (Å²) in [7, 11) is 4.11. The number of hydrogen-bond acceptors (Lipinski definition) is 1. The number of nitrogens with zero attached hydrogens (tertiary/aromatic N) is 1. The fourth-order valence-corrected chi connectivity index (χ4v) is 4.02. The molecular weight excluding hydrogens is 426 g/mol. The normalized spacial score (nSPS) is 14.7. The zero-order valence-corrected chi connectivity index (χ0v) is 20.1. The molecule has 0 amide bonds. The van der Waals surface area contributed by atoms with Gasteiger partial charge in [0.2, 0.25) is 0 Å². The van der Waals surface area contributed by atoms with Gasteiger partial charge in [-0.15, -0.1) is 0 Å². The first-order valence-corrected chi connectivity index (χ1v) is 11.8. The molecule has 0 fully saturated rings. The average molecular weight is 455 g/mol. The summed E-state index contributed by atoms with van der Waals surface area (Å²) in [6.45, 7) is 0. The van der Waals surface area contributed by atoms with E-state index in [0.717, 1.165) is 33.1 Å². The van der Waals surface area contributed by atoms with Crippen LogP contribution in [0.4, 0.5) is 0 Å².